The van der Waals surface area contributed by atoms with E-state index in [0.29, 0.717) is 28.6 Å². The van der Waals surface area contributed by atoms with Gasteiger partial charge in [0.25, 0.3) is 0 Å². The molecule has 0 spiro atoms. The molecule has 0 bridgehead atoms. The molecule has 6 aromatic rings. The second-order valence-electron chi connectivity index (χ2n) is 9.74. The molecule has 0 aliphatic heterocycles. The van der Waals surface area contributed by atoms with E-state index in [-0.39, 0.29) is 5.78 Å². The Morgan fingerprint density at radius 1 is 0.475 bits per heavy atom. The van der Waals surface area contributed by atoms with Crippen molar-refractivity contribution in [2.24, 2.45) is 0 Å². The van der Waals surface area contributed by atoms with E-state index in [2.05, 4.69) is 38.1 Å². The van der Waals surface area contributed by atoms with Gasteiger partial charge in [-0.15, -0.1) is 0 Å². The van der Waals surface area contributed by atoms with Crippen molar-refractivity contribution in [3.63, 3.8) is 0 Å². The van der Waals surface area contributed by atoms with E-state index in [1.807, 2.05) is 91.0 Å². The third-order valence-corrected chi connectivity index (χ3v) is 6.76. The number of nitrogens with zero attached hydrogens (tertiary/aromatic N) is 4. The van der Waals surface area contributed by atoms with Crippen molar-refractivity contribution in [1.82, 2.24) is 19.9 Å². The Morgan fingerprint density at radius 3 is 1.43 bits per heavy atom. The zero-order valence-electron chi connectivity index (χ0n) is 22.2. The summed E-state index contributed by atoms with van der Waals surface area (Å²) in [7, 11) is 0. The number of carbonyl (C=O) groups is 1. The van der Waals surface area contributed by atoms with Crippen LogP contribution in [0, 0.1) is 13.8 Å². The molecular formula is C35H26N4O. The summed E-state index contributed by atoms with van der Waals surface area (Å²) in [4.78, 5) is 31.9. The number of hydrogen-bond donors (Lipinski definition) is 0. The van der Waals surface area contributed by atoms with Crippen molar-refractivity contribution in [3.05, 3.63) is 144 Å². The highest BCUT2D eigenvalue weighted by molar-refractivity contribution is 6.09. The Kier molecular flexibility index (Phi) is 6.77. The van der Waals surface area contributed by atoms with Gasteiger partial charge in [-0.05, 0) is 26.0 Å². The lowest BCUT2D eigenvalue weighted by atomic mass is 10.0. The van der Waals surface area contributed by atoms with Gasteiger partial charge in [-0.3, -0.25) is 9.78 Å². The van der Waals surface area contributed by atoms with Crippen LogP contribution in [0.5, 0.6) is 0 Å². The van der Waals surface area contributed by atoms with Crippen molar-refractivity contribution in [3.8, 4) is 45.4 Å². The Labute approximate surface area is 233 Å². The number of carbonyl (C=O) groups excluding carboxylic acids is 1. The van der Waals surface area contributed by atoms with Crippen LogP contribution >= 0.6 is 0 Å². The van der Waals surface area contributed by atoms with E-state index in [1.54, 1.807) is 6.20 Å². The van der Waals surface area contributed by atoms with E-state index < -0.39 is 0 Å². The molecule has 0 radical (unpaired) electrons. The topological polar surface area (TPSA) is 68.6 Å². The average Bonchev–Trinajstić information content (AvgIpc) is 3.02. The van der Waals surface area contributed by atoms with Gasteiger partial charge in [0.15, 0.2) is 23.3 Å². The van der Waals surface area contributed by atoms with Crippen LogP contribution in [-0.2, 0) is 0 Å². The molecule has 2 heterocycles. The van der Waals surface area contributed by atoms with E-state index >= 15 is 0 Å². The van der Waals surface area contributed by atoms with Crippen LogP contribution in [0.3, 0.4) is 0 Å². The molecule has 5 nitrogen and oxygen atoms in total. The van der Waals surface area contributed by atoms with Crippen molar-refractivity contribution < 1.29 is 4.79 Å². The standard InChI is InChI=1S/C35H26N4O/c1-23-8-12-28(13-9-23)33-37-34(29-14-10-24(2)11-15-29)39-35(38-33)30-20-21-31(36-22-30)25-16-18-27(19-17-25)32(40)26-6-4-3-5-7-26/h3-22H,1-2H3. The van der Waals surface area contributed by atoms with Crippen LogP contribution in [-0.4, -0.2) is 25.7 Å². The van der Waals surface area contributed by atoms with Crippen molar-refractivity contribution >= 4 is 5.78 Å². The van der Waals surface area contributed by atoms with Gasteiger partial charge in [0.05, 0.1) is 5.69 Å². The molecule has 0 saturated heterocycles. The highest BCUT2D eigenvalue weighted by atomic mass is 16.1. The molecule has 0 aliphatic rings. The predicted octanol–water partition coefficient (Wildman–Crippen LogP) is 7.78. The molecule has 40 heavy (non-hydrogen) atoms. The molecule has 4 aromatic carbocycles. The minimum absolute atomic E-state index is 0.000875. The van der Waals surface area contributed by atoms with Crippen LogP contribution < -0.4 is 0 Å². The van der Waals surface area contributed by atoms with Gasteiger partial charge in [-0.2, -0.15) is 0 Å². The first-order valence-corrected chi connectivity index (χ1v) is 13.1. The van der Waals surface area contributed by atoms with Crippen LogP contribution in [0.4, 0.5) is 0 Å². The van der Waals surface area contributed by atoms with Crippen LogP contribution in [0.2, 0.25) is 0 Å². The molecule has 0 aliphatic carbocycles. The molecule has 5 heteroatoms. The Hall–Kier alpha value is -5.29. The zero-order chi connectivity index (χ0) is 27.5. The third-order valence-electron chi connectivity index (χ3n) is 6.76. The summed E-state index contributed by atoms with van der Waals surface area (Å²) in [6, 6.07) is 37.1. The number of aromatic nitrogens is 4. The molecule has 6 rings (SSSR count). The SMILES string of the molecule is Cc1ccc(-c2nc(-c3ccc(C)cc3)nc(-c3ccc(-c4ccc(C(=O)c5ccccc5)cc4)nc3)n2)cc1. The fourth-order valence-corrected chi connectivity index (χ4v) is 4.41. The molecule has 0 unspecified atom stereocenters. The highest BCUT2D eigenvalue weighted by Crippen LogP contribution is 2.26. The lowest BCUT2D eigenvalue weighted by molar-refractivity contribution is 0.103. The van der Waals surface area contributed by atoms with Crippen molar-refractivity contribution in [1.29, 1.82) is 0 Å². The normalized spacial score (nSPS) is 10.8. The summed E-state index contributed by atoms with van der Waals surface area (Å²) >= 11 is 0. The highest BCUT2D eigenvalue weighted by Gasteiger charge is 2.14. The third kappa shape index (κ3) is 5.31. The summed E-state index contributed by atoms with van der Waals surface area (Å²) in [5.41, 5.74) is 8.04. The number of aryl methyl sites for hydroxylation is 2. The van der Waals surface area contributed by atoms with Gasteiger partial charge in [-0.1, -0.05) is 114 Å². The minimum Gasteiger partial charge on any atom is -0.289 e. The largest absolute Gasteiger partial charge is 0.289 e. The average molecular weight is 519 g/mol. The van der Waals surface area contributed by atoms with E-state index in [0.717, 1.165) is 27.9 Å². The summed E-state index contributed by atoms with van der Waals surface area (Å²) < 4.78 is 0. The van der Waals surface area contributed by atoms with E-state index in [9.17, 15) is 4.79 Å². The maximum absolute atomic E-state index is 12.8. The lowest BCUT2D eigenvalue weighted by Crippen LogP contribution is -2.01. The van der Waals surface area contributed by atoms with Gasteiger partial charge >= 0.3 is 0 Å². The summed E-state index contributed by atoms with van der Waals surface area (Å²) in [6.45, 7) is 4.12. The first-order valence-electron chi connectivity index (χ1n) is 13.1. The van der Waals surface area contributed by atoms with Gasteiger partial charge < -0.3 is 0 Å². The van der Waals surface area contributed by atoms with Gasteiger partial charge in [-0.25, -0.2) is 15.0 Å². The summed E-state index contributed by atoms with van der Waals surface area (Å²) in [5, 5.41) is 0. The maximum Gasteiger partial charge on any atom is 0.193 e. The molecular weight excluding hydrogens is 492 g/mol. The van der Waals surface area contributed by atoms with E-state index in [4.69, 9.17) is 19.9 Å². The first kappa shape index (κ1) is 25.0. The summed E-state index contributed by atoms with van der Waals surface area (Å²) in [5.74, 6) is 1.79. The minimum atomic E-state index is -0.000875. The number of pyridine rings is 1. The number of rotatable bonds is 6. The van der Waals surface area contributed by atoms with Crippen molar-refractivity contribution in [2.45, 2.75) is 13.8 Å². The quantitative estimate of drug-likeness (QED) is 0.211. The van der Waals surface area contributed by atoms with Crippen LogP contribution in [0.25, 0.3) is 45.4 Å². The fourth-order valence-electron chi connectivity index (χ4n) is 4.41. The maximum atomic E-state index is 12.8. The molecule has 192 valence electrons. The van der Waals surface area contributed by atoms with Gasteiger partial charge in [0.2, 0.25) is 0 Å². The van der Waals surface area contributed by atoms with Gasteiger partial charge in [0, 0.05) is 39.6 Å². The Morgan fingerprint density at radius 2 is 0.925 bits per heavy atom. The molecule has 0 fully saturated rings. The second-order valence-corrected chi connectivity index (χ2v) is 9.74. The Balaban J connectivity index is 1.32. The second kappa shape index (κ2) is 10.8. The van der Waals surface area contributed by atoms with Crippen LogP contribution in [0.15, 0.2) is 121 Å². The molecule has 0 amide bonds. The lowest BCUT2D eigenvalue weighted by Gasteiger charge is -2.09. The number of benzene rings is 4. The Bertz CT molecular complexity index is 1710. The zero-order valence-corrected chi connectivity index (χ0v) is 22.2. The summed E-state index contributed by atoms with van der Waals surface area (Å²) in [6.07, 6.45) is 1.78. The van der Waals surface area contributed by atoms with Crippen LogP contribution in [0.1, 0.15) is 27.0 Å². The monoisotopic (exact) mass is 518 g/mol. The predicted molar refractivity (Wildman–Crippen MR) is 159 cm³/mol. The smallest absolute Gasteiger partial charge is 0.193 e. The fraction of sp³-hybridized carbons (Fsp3) is 0.0571. The molecule has 0 saturated carbocycles. The van der Waals surface area contributed by atoms with Gasteiger partial charge in [0.1, 0.15) is 0 Å². The molecule has 2 aromatic heterocycles. The molecule has 0 atom stereocenters. The molecule has 0 N–H and O–H groups in total. The van der Waals surface area contributed by atoms with Crippen molar-refractivity contribution in [2.75, 3.05) is 0 Å². The van der Waals surface area contributed by atoms with E-state index in [1.165, 1.54) is 11.1 Å². The number of ketones is 1. The number of hydrogen-bond acceptors (Lipinski definition) is 5. The first-order chi connectivity index (χ1) is 19.5.